The number of likely N-dealkylation sites (N-methyl/N-ethyl adjacent to an activating group) is 1. The average molecular weight is 428 g/mol. The van der Waals surface area contributed by atoms with Crippen LogP contribution >= 0.6 is 24.0 Å². The Bertz CT molecular complexity index is 312. The SMILES string of the molecule is CCNC(=O)CN=C(NCC)NCCC(OCC)C(C)C.I. The Morgan fingerprint density at radius 3 is 2.23 bits per heavy atom. The third-order valence-electron chi connectivity index (χ3n) is 2.94. The van der Waals surface area contributed by atoms with Crippen molar-refractivity contribution in [2.45, 2.75) is 47.1 Å². The largest absolute Gasteiger partial charge is 0.378 e. The Balaban J connectivity index is 0. The molecule has 0 aromatic carbocycles. The Hall–Kier alpha value is -0.570. The molecule has 1 unspecified atom stereocenters. The van der Waals surface area contributed by atoms with Crippen LogP contribution in [0.25, 0.3) is 0 Å². The van der Waals surface area contributed by atoms with E-state index in [0.717, 1.165) is 26.1 Å². The van der Waals surface area contributed by atoms with E-state index in [1.54, 1.807) is 0 Å². The van der Waals surface area contributed by atoms with Gasteiger partial charge >= 0.3 is 0 Å². The minimum absolute atomic E-state index is 0. The fraction of sp³-hybridized carbons (Fsp3) is 0.867. The van der Waals surface area contributed by atoms with Gasteiger partial charge in [0.05, 0.1) is 6.10 Å². The Labute approximate surface area is 152 Å². The number of carbonyl (C=O) groups excluding carboxylic acids is 1. The summed E-state index contributed by atoms with van der Waals surface area (Å²) < 4.78 is 5.71. The number of rotatable bonds is 10. The second-order valence-electron chi connectivity index (χ2n) is 5.10. The van der Waals surface area contributed by atoms with Crippen molar-refractivity contribution >= 4 is 35.8 Å². The van der Waals surface area contributed by atoms with Gasteiger partial charge in [0.2, 0.25) is 5.91 Å². The van der Waals surface area contributed by atoms with Gasteiger partial charge in [-0.2, -0.15) is 0 Å². The third kappa shape index (κ3) is 12.0. The lowest BCUT2D eigenvalue weighted by molar-refractivity contribution is -0.119. The van der Waals surface area contributed by atoms with Gasteiger partial charge in [-0.3, -0.25) is 4.79 Å². The van der Waals surface area contributed by atoms with Gasteiger partial charge in [0, 0.05) is 26.2 Å². The lowest BCUT2D eigenvalue weighted by Crippen LogP contribution is -2.40. The number of nitrogens with zero attached hydrogens (tertiary/aromatic N) is 1. The number of hydrogen-bond acceptors (Lipinski definition) is 3. The predicted molar refractivity (Wildman–Crippen MR) is 103 cm³/mol. The van der Waals surface area contributed by atoms with Gasteiger partial charge in [-0.15, -0.1) is 24.0 Å². The van der Waals surface area contributed by atoms with E-state index in [0.29, 0.717) is 18.4 Å². The maximum atomic E-state index is 11.4. The summed E-state index contributed by atoms with van der Waals surface area (Å²) in [5, 5.41) is 9.10. The van der Waals surface area contributed by atoms with Crippen molar-refractivity contribution in [3.63, 3.8) is 0 Å². The number of carbonyl (C=O) groups is 1. The highest BCUT2D eigenvalue weighted by atomic mass is 127. The summed E-state index contributed by atoms with van der Waals surface area (Å²) in [6.07, 6.45) is 1.16. The van der Waals surface area contributed by atoms with Crippen molar-refractivity contribution in [1.82, 2.24) is 16.0 Å². The van der Waals surface area contributed by atoms with Crippen molar-refractivity contribution in [2.24, 2.45) is 10.9 Å². The molecule has 0 saturated heterocycles. The Morgan fingerprint density at radius 1 is 1.09 bits per heavy atom. The highest BCUT2D eigenvalue weighted by Crippen LogP contribution is 2.09. The van der Waals surface area contributed by atoms with Gasteiger partial charge in [-0.25, -0.2) is 4.99 Å². The molecule has 3 N–H and O–H groups in total. The zero-order valence-electron chi connectivity index (χ0n) is 14.6. The number of amides is 1. The maximum absolute atomic E-state index is 11.4. The lowest BCUT2D eigenvalue weighted by Gasteiger charge is -2.21. The van der Waals surface area contributed by atoms with Crippen LogP contribution in [-0.2, 0) is 9.53 Å². The molecule has 1 amide bonds. The Morgan fingerprint density at radius 2 is 1.73 bits per heavy atom. The van der Waals surface area contributed by atoms with Crippen molar-refractivity contribution < 1.29 is 9.53 Å². The van der Waals surface area contributed by atoms with Crippen LogP contribution in [0.4, 0.5) is 0 Å². The fourth-order valence-corrected chi connectivity index (χ4v) is 1.90. The van der Waals surface area contributed by atoms with Crippen LogP contribution in [0.1, 0.15) is 41.0 Å². The molecule has 0 aromatic rings. The molecule has 0 radical (unpaired) electrons. The van der Waals surface area contributed by atoms with Crippen LogP contribution < -0.4 is 16.0 Å². The quantitative estimate of drug-likeness (QED) is 0.282. The molecule has 0 bridgehead atoms. The number of ether oxygens (including phenoxy) is 1. The predicted octanol–water partition coefficient (Wildman–Crippen LogP) is 1.75. The van der Waals surface area contributed by atoms with Gasteiger partial charge in [-0.05, 0) is 33.1 Å². The topological polar surface area (TPSA) is 74.8 Å². The first kappa shape index (κ1) is 23.7. The first-order valence-electron chi connectivity index (χ1n) is 7.95. The maximum Gasteiger partial charge on any atom is 0.241 e. The van der Waals surface area contributed by atoms with E-state index in [1.165, 1.54) is 0 Å². The standard InChI is InChI=1S/C15H32N4O2.HI/c1-6-16-14(20)11-19-15(17-7-2)18-10-9-13(12(4)5)21-8-3;/h12-13H,6-11H2,1-5H3,(H,16,20)(H2,17,18,19);1H. The lowest BCUT2D eigenvalue weighted by atomic mass is 10.0. The average Bonchev–Trinajstić information content (AvgIpc) is 2.43. The van der Waals surface area contributed by atoms with Crippen molar-refractivity contribution in [3.05, 3.63) is 0 Å². The molecule has 0 heterocycles. The molecule has 22 heavy (non-hydrogen) atoms. The van der Waals surface area contributed by atoms with Crippen LogP contribution in [0.3, 0.4) is 0 Å². The first-order valence-corrected chi connectivity index (χ1v) is 7.95. The molecule has 0 spiro atoms. The monoisotopic (exact) mass is 428 g/mol. The molecule has 132 valence electrons. The highest BCUT2D eigenvalue weighted by Gasteiger charge is 2.13. The molecule has 0 aliphatic carbocycles. The van der Waals surface area contributed by atoms with E-state index < -0.39 is 0 Å². The molecule has 0 aliphatic rings. The molecule has 0 rings (SSSR count). The molecule has 0 aliphatic heterocycles. The van der Waals surface area contributed by atoms with Gasteiger partial charge in [0.25, 0.3) is 0 Å². The van der Waals surface area contributed by atoms with E-state index >= 15 is 0 Å². The summed E-state index contributed by atoms with van der Waals surface area (Å²) >= 11 is 0. The molecular formula is C15H33IN4O2. The van der Waals surface area contributed by atoms with E-state index in [4.69, 9.17) is 4.74 Å². The third-order valence-corrected chi connectivity index (χ3v) is 2.94. The molecule has 0 aromatic heterocycles. The van der Waals surface area contributed by atoms with Crippen LogP contribution in [0.5, 0.6) is 0 Å². The molecule has 7 heteroatoms. The molecular weight excluding hydrogens is 395 g/mol. The van der Waals surface area contributed by atoms with Crippen molar-refractivity contribution in [2.75, 3.05) is 32.8 Å². The molecule has 1 atom stereocenters. The normalized spacial score (nSPS) is 12.5. The van der Waals surface area contributed by atoms with Crippen LogP contribution in [0.15, 0.2) is 4.99 Å². The summed E-state index contributed by atoms with van der Waals surface area (Å²) in [4.78, 5) is 15.7. The van der Waals surface area contributed by atoms with E-state index in [2.05, 4.69) is 34.8 Å². The number of halogens is 1. The zero-order valence-corrected chi connectivity index (χ0v) is 16.9. The van der Waals surface area contributed by atoms with E-state index in [-0.39, 0.29) is 42.5 Å². The zero-order chi connectivity index (χ0) is 16.1. The van der Waals surface area contributed by atoms with Gasteiger partial charge in [0.1, 0.15) is 6.54 Å². The number of aliphatic imine (C=N–C) groups is 1. The number of guanidine groups is 1. The number of nitrogens with one attached hydrogen (secondary N) is 3. The first-order chi connectivity index (χ1) is 10.0. The summed E-state index contributed by atoms with van der Waals surface area (Å²) in [6.45, 7) is 13.3. The van der Waals surface area contributed by atoms with Gasteiger partial charge in [0.15, 0.2) is 5.96 Å². The minimum Gasteiger partial charge on any atom is -0.378 e. The highest BCUT2D eigenvalue weighted by molar-refractivity contribution is 14.0. The van der Waals surface area contributed by atoms with Gasteiger partial charge < -0.3 is 20.7 Å². The summed E-state index contributed by atoms with van der Waals surface area (Å²) in [6, 6.07) is 0. The minimum atomic E-state index is -0.0657. The second kappa shape index (κ2) is 15.3. The number of hydrogen-bond donors (Lipinski definition) is 3. The summed E-state index contributed by atoms with van der Waals surface area (Å²) in [7, 11) is 0. The van der Waals surface area contributed by atoms with Crippen LogP contribution in [-0.4, -0.2) is 50.8 Å². The second-order valence-corrected chi connectivity index (χ2v) is 5.10. The van der Waals surface area contributed by atoms with Crippen molar-refractivity contribution in [1.29, 1.82) is 0 Å². The van der Waals surface area contributed by atoms with Gasteiger partial charge in [-0.1, -0.05) is 13.8 Å². The molecule has 6 nitrogen and oxygen atoms in total. The smallest absolute Gasteiger partial charge is 0.241 e. The summed E-state index contributed by atoms with van der Waals surface area (Å²) in [5.74, 6) is 1.09. The molecule has 0 saturated carbocycles. The Kier molecular flexibility index (Phi) is 16.5. The van der Waals surface area contributed by atoms with Crippen molar-refractivity contribution in [3.8, 4) is 0 Å². The van der Waals surface area contributed by atoms with E-state index in [1.807, 2.05) is 20.8 Å². The van der Waals surface area contributed by atoms with Crippen LogP contribution in [0.2, 0.25) is 0 Å². The summed E-state index contributed by atoms with van der Waals surface area (Å²) in [5.41, 5.74) is 0. The molecule has 0 fully saturated rings. The van der Waals surface area contributed by atoms with Crippen LogP contribution in [0, 0.1) is 5.92 Å². The van der Waals surface area contributed by atoms with E-state index in [9.17, 15) is 4.79 Å². The fourth-order valence-electron chi connectivity index (χ4n) is 1.90.